The van der Waals surface area contributed by atoms with Gasteiger partial charge in [0.05, 0.1) is 6.61 Å². The van der Waals surface area contributed by atoms with Crippen molar-refractivity contribution in [3.05, 3.63) is 94.4 Å². The van der Waals surface area contributed by atoms with Crippen molar-refractivity contribution in [1.29, 1.82) is 0 Å². The summed E-state index contributed by atoms with van der Waals surface area (Å²) in [7, 11) is 1.74. The molecule has 222 valence electrons. The van der Waals surface area contributed by atoms with Gasteiger partial charge in [-0.25, -0.2) is 9.18 Å². The van der Waals surface area contributed by atoms with Crippen LogP contribution in [-0.2, 0) is 11.2 Å². The predicted octanol–water partition coefficient (Wildman–Crippen LogP) is 8.72. The first-order valence-electron chi connectivity index (χ1n) is 14.5. The van der Waals surface area contributed by atoms with E-state index in [2.05, 4.69) is 18.8 Å². The minimum Gasteiger partial charge on any atom is -0.494 e. The van der Waals surface area contributed by atoms with Gasteiger partial charge in [0.15, 0.2) is 0 Å². The summed E-state index contributed by atoms with van der Waals surface area (Å²) in [6.45, 7) is 6.41. The summed E-state index contributed by atoms with van der Waals surface area (Å²) in [6, 6.07) is 18.7. The van der Waals surface area contributed by atoms with Gasteiger partial charge in [-0.3, -0.25) is 4.90 Å². The zero-order chi connectivity index (χ0) is 29.7. The number of aromatic amines is 1. The first-order chi connectivity index (χ1) is 20.2. The highest BCUT2D eigenvalue weighted by Gasteiger charge is 2.36. The molecule has 1 amide bonds. The number of halogens is 2. The molecule has 4 aromatic rings. The Balaban J connectivity index is 1.38. The van der Waals surface area contributed by atoms with Crippen LogP contribution < -0.4 is 9.47 Å². The van der Waals surface area contributed by atoms with E-state index < -0.39 is 18.0 Å². The maximum atomic E-state index is 13.5. The van der Waals surface area contributed by atoms with Crippen LogP contribution >= 0.6 is 11.6 Å². The quantitative estimate of drug-likeness (QED) is 0.177. The highest BCUT2D eigenvalue weighted by molar-refractivity contribution is 6.31. The number of benzene rings is 3. The number of methoxy groups -OCH3 is 1. The molecule has 8 heteroatoms. The van der Waals surface area contributed by atoms with Gasteiger partial charge < -0.3 is 19.2 Å². The second-order valence-corrected chi connectivity index (χ2v) is 12.1. The minimum absolute atomic E-state index is 0.228. The minimum atomic E-state index is -0.504. The molecule has 5 rings (SSSR count). The number of nitrogens with zero attached hydrogens (tertiary/aromatic N) is 1. The summed E-state index contributed by atoms with van der Waals surface area (Å²) in [5.74, 6) is 0.651. The molecule has 42 heavy (non-hydrogen) atoms. The Morgan fingerprint density at radius 2 is 1.79 bits per heavy atom. The maximum Gasteiger partial charge on any atom is 0.416 e. The topological polar surface area (TPSA) is 63.8 Å². The SMILES string of the molecule is COCCCC(C)(C)CCCOc1cccc(C2c3[nH]c4ccc(Cl)cc4c3CCN2C(=O)Oc2ccc(F)cc2)c1. The number of hydrogen-bond acceptors (Lipinski definition) is 4. The molecule has 3 aromatic carbocycles. The first kappa shape index (κ1) is 29.9. The Bertz CT molecular complexity index is 1520. The number of aromatic nitrogens is 1. The number of ether oxygens (including phenoxy) is 3. The van der Waals surface area contributed by atoms with Gasteiger partial charge in [-0.15, -0.1) is 0 Å². The molecule has 1 unspecified atom stereocenters. The van der Waals surface area contributed by atoms with E-state index in [1.54, 1.807) is 12.0 Å². The average Bonchev–Trinajstić information content (AvgIpc) is 3.34. The second-order valence-electron chi connectivity index (χ2n) is 11.7. The summed E-state index contributed by atoms with van der Waals surface area (Å²) in [6.07, 6.45) is 4.30. The number of carbonyl (C=O) groups excluding carboxylic acids is 1. The van der Waals surface area contributed by atoms with Crippen molar-refractivity contribution < 1.29 is 23.4 Å². The number of fused-ring (bicyclic) bond motifs is 3. The van der Waals surface area contributed by atoms with Crippen LogP contribution in [0.3, 0.4) is 0 Å². The molecule has 0 fully saturated rings. The maximum absolute atomic E-state index is 13.5. The van der Waals surface area contributed by atoms with E-state index in [1.165, 1.54) is 24.3 Å². The van der Waals surface area contributed by atoms with Crippen LogP contribution in [-0.4, -0.2) is 42.8 Å². The molecule has 0 bridgehead atoms. The summed E-state index contributed by atoms with van der Waals surface area (Å²) in [5.41, 5.74) is 4.15. The van der Waals surface area contributed by atoms with E-state index in [9.17, 15) is 9.18 Å². The van der Waals surface area contributed by atoms with Crippen LogP contribution in [0.25, 0.3) is 10.9 Å². The Kier molecular flexibility index (Phi) is 9.39. The fourth-order valence-electron chi connectivity index (χ4n) is 5.80. The smallest absolute Gasteiger partial charge is 0.416 e. The average molecular weight is 593 g/mol. The van der Waals surface area contributed by atoms with Gasteiger partial charge in [-0.05, 0) is 103 Å². The summed E-state index contributed by atoms with van der Waals surface area (Å²) < 4.78 is 30.5. The molecule has 0 radical (unpaired) electrons. The highest BCUT2D eigenvalue weighted by Crippen LogP contribution is 2.40. The molecule has 1 aromatic heterocycles. The Morgan fingerprint density at radius 3 is 2.55 bits per heavy atom. The predicted molar refractivity (Wildman–Crippen MR) is 164 cm³/mol. The van der Waals surface area contributed by atoms with E-state index >= 15 is 0 Å². The number of nitrogens with one attached hydrogen (secondary N) is 1. The van der Waals surface area contributed by atoms with Crippen molar-refractivity contribution in [1.82, 2.24) is 9.88 Å². The Labute approximate surface area is 251 Å². The molecule has 2 heterocycles. The highest BCUT2D eigenvalue weighted by atomic mass is 35.5. The van der Waals surface area contributed by atoms with Crippen LogP contribution in [0.2, 0.25) is 5.02 Å². The molecule has 0 spiro atoms. The van der Waals surface area contributed by atoms with Crippen LogP contribution in [0.1, 0.15) is 62.4 Å². The molecule has 1 aliphatic heterocycles. The van der Waals surface area contributed by atoms with Crippen molar-refractivity contribution in [2.75, 3.05) is 26.9 Å². The molecule has 0 aliphatic carbocycles. The van der Waals surface area contributed by atoms with Gasteiger partial charge in [0.25, 0.3) is 0 Å². The normalized spacial score (nSPS) is 15.1. The zero-order valence-electron chi connectivity index (χ0n) is 24.4. The third-order valence-electron chi connectivity index (χ3n) is 7.98. The fourth-order valence-corrected chi connectivity index (χ4v) is 5.97. The van der Waals surface area contributed by atoms with E-state index in [0.29, 0.717) is 24.6 Å². The molecular weight excluding hydrogens is 555 g/mol. The van der Waals surface area contributed by atoms with E-state index in [0.717, 1.165) is 65.8 Å². The van der Waals surface area contributed by atoms with Crippen molar-refractivity contribution in [2.24, 2.45) is 5.41 Å². The summed E-state index contributed by atoms with van der Waals surface area (Å²) >= 11 is 6.35. The summed E-state index contributed by atoms with van der Waals surface area (Å²) in [4.78, 5) is 18.8. The van der Waals surface area contributed by atoms with Gasteiger partial charge in [0, 0.05) is 41.9 Å². The molecule has 6 nitrogen and oxygen atoms in total. The molecule has 0 saturated heterocycles. The monoisotopic (exact) mass is 592 g/mol. The van der Waals surface area contributed by atoms with Gasteiger partial charge in [0.1, 0.15) is 23.4 Å². The third-order valence-corrected chi connectivity index (χ3v) is 8.22. The number of amides is 1. The Hall–Kier alpha value is -3.55. The van der Waals surface area contributed by atoms with Crippen LogP contribution in [0.15, 0.2) is 66.7 Å². The zero-order valence-corrected chi connectivity index (χ0v) is 25.2. The number of H-pyrrole nitrogens is 1. The van der Waals surface area contributed by atoms with Gasteiger partial charge in [-0.2, -0.15) is 0 Å². The first-order valence-corrected chi connectivity index (χ1v) is 14.9. The van der Waals surface area contributed by atoms with E-state index in [-0.39, 0.29) is 11.2 Å². The third kappa shape index (κ3) is 7.08. The lowest BCUT2D eigenvalue weighted by Gasteiger charge is -2.35. The van der Waals surface area contributed by atoms with E-state index in [1.807, 2.05) is 42.5 Å². The molecule has 1 N–H and O–H groups in total. The van der Waals surface area contributed by atoms with Crippen LogP contribution in [0.4, 0.5) is 9.18 Å². The van der Waals surface area contributed by atoms with Crippen LogP contribution in [0, 0.1) is 11.2 Å². The van der Waals surface area contributed by atoms with Crippen molar-refractivity contribution >= 4 is 28.6 Å². The number of carbonyl (C=O) groups is 1. The van der Waals surface area contributed by atoms with Gasteiger partial charge in [-0.1, -0.05) is 37.6 Å². The number of rotatable bonds is 11. The molecule has 0 saturated carbocycles. The van der Waals surface area contributed by atoms with Crippen molar-refractivity contribution in [2.45, 2.75) is 52.0 Å². The standard InChI is InChI=1S/C34H38ClFN2O4/c1-34(2,16-5-19-40-3)17-6-20-41-27-8-4-7-23(21-27)32-31-28(29-22-24(35)9-14-30(29)37-31)15-18-38(32)33(39)42-26-12-10-25(36)11-13-26/h4,7-14,21-22,32,37H,5-6,15-20H2,1-3H3. The fraction of sp³-hybridized carbons (Fsp3) is 0.382. The largest absolute Gasteiger partial charge is 0.494 e. The number of hydrogen-bond donors (Lipinski definition) is 1. The van der Waals surface area contributed by atoms with Gasteiger partial charge >= 0.3 is 6.09 Å². The van der Waals surface area contributed by atoms with E-state index in [4.69, 9.17) is 25.8 Å². The molecular formula is C34H38ClFN2O4. The van der Waals surface area contributed by atoms with Gasteiger partial charge in [0.2, 0.25) is 0 Å². The Morgan fingerprint density at radius 1 is 1.02 bits per heavy atom. The lowest BCUT2D eigenvalue weighted by Crippen LogP contribution is -2.42. The summed E-state index contributed by atoms with van der Waals surface area (Å²) in [5, 5.41) is 1.71. The lowest BCUT2D eigenvalue weighted by atomic mass is 9.83. The molecule has 1 atom stereocenters. The van der Waals surface area contributed by atoms with Crippen LogP contribution in [0.5, 0.6) is 11.5 Å². The second kappa shape index (κ2) is 13.2. The lowest BCUT2D eigenvalue weighted by molar-refractivity contribution is 0.135. The van der Waals surface area contributed by atoms with Crippen molar-refractivity contribution in [3.8, 4) is 11.5 Å². The van der Waals surface area contributed by atoms with Crippen molar-refractivity contribution in [3.63, 3.8) is 0 Å². The molecule has 1 aliphatic rings.